The number of rotatable bonds is 2. The third kappa shape index (κ3) is 6.07. The van der Waals surface area contributed by atoms with Crippen LogP contribution in [-0.4, -0.2) is 18.5 Å². The minimum Gasteiger partial charge on any atom is -0.741 e. The lowest BCUT2D eigenvalue weighted by molar-refractivity contribution is -0.671. The van der Waals surface area contributed by atoms with Gasteiger partial charge in [-0.15, -0.1) is 0 Å². The highest BCUT2D eigenvalue weighted by atomic mass is 32.2. The van der Waals surface area contributed by atoms with Gasteiger partial charge in [-0.2, -0.15) is 13.2 Å². The number of halogens is 3. The molecule has 1 aromatic carbocycles. The van der Waals surface area contributed by atoms with Crippen LogP contribution in [0.15, 0.2) is 47.8 Å². The fourth-order valence-electron chi connectivity index (χ4n) is 1.76. The molecular formula is C14H13F3N4O3S. The minimum atomic E-state index is -6.09. The quantitative estimate of drug-likeness (QED) is 0.200. The first-order chi connectivity index (χ1) is 11.5. The van der Waals surface area contributed by atoms with Gasteiger partial charge in [0.15, 0.2) is 22.5 Å². The van der Waals surface area contributed by atoms with Crippen LogP contribution < -0.4 is 4.57 Å². The Morgan fingerprint density at radius 2 is 1.88 bits per heavy atom. The molecule has 0 bridgehead atoms. The van der Waals surface area contributed by atoms with Crippen LogP contribution in [0.4, 0.5) is 18.9 Å². The van der Waals surface area contributed by atoms with Crippen LogP contribution in [0.1, 0.15) is 5.56 Å². The Kier molecular flexibility index (Phi) is 6.51. The number of aromatic nitrogens is 1. The highest BCUT2D eigenvalue weighted by Gasteiger charge is 2.36. The van der Waals surface area contributed by atoms with Crippen LogP contribution in [-0.2, 0) is 17.2 Å². The van der Waals surface area contributed by atoms with E-state index in [1.54, 1.807) is 0 Å². The molecule has 0 saturated carbocycles. The molecule has 1 heterocycles. The Morgan fingerprint density at radius 1 is 1.28 bits per heavy atom. The van der Waals surface area contributed by atoms with Crippen molar-refractivity contribution < 1.29 is 30.7 Å². The van der Waals surface area contributed by atoms with E-state index in [1.165, 1.54) is 0 Å². The predicted octanol–water partition coefficient (Wildman–Crippen LogP) is 3.48. The Hall–Kier alpha value is -2.62. The molecule has 2 rings (SSSR count). The first-order valence-electron chi connectivity index (χ1n) is 6.59. The second-order valence-electron chi connectivity index (χ2n) is 4.87. The highest BCUT2D eigenvalue weighted by Crippen LogP contribution is 2.30. The van der Waals surface area contributed by atoms with Crippen molar-refractivity contribution in [2.24, 2.45) is 12.2 Å². The van der Waals surface area contributed by atoms with E-state index >= 15 is 0 Å². The third-order valence-corrected chi connectivity index (χ3v) is 3.41. The predicted molar refractivity (Wildman–Crippen MR) is 82.3 cm³/mol. The number of alkyl halides is 3. The number of hydrogen-bond donors (Lipinski definition) is 0. The standard InChI is InChI=1S/C13H13N4.CHF3O3S/c1-10-5-6-12(13(8-10)15-16-14)11-4-3-7-17(2)9-11;2-1(3,4)8(5,6)7/h3-9H,1-2H3;(H,5,6,7)/q+1;/p-1. The van der Waals surface area contributed by atoms with Gasteiger partial charge in [0, 0.05) is 22.2 Å². The van der Waals surface area contributed by atoms with E-state index in [-0.39, 0.29) is 0 Å². The number of pyridine rings is 1. The van der Waals surface area contributed by atoms with Gasteiger partial charge in [-0.3, -0.25) is 0 Å². The number of nitrogens with zero attached hydrogens (tertiary/aromatic N) is 4. The second kappa shape index (κ2) is 7.97. The van der Waals surface area contributed by atoms with Gasteiger partial charge >= 0.3 is 5.51 Å². The smallest absolute Gasteiger partial charge is 0.485 e. The normalized spacial score (nSPS) is 11.1. The number of hydrogen-bond acceptors (Lipinski definition) is 4. The molecule has 25 heavy (non-hydrogen) atoms. The number of benzene rings is 1. The van der Waals surface area contributed by atoms with E-state index < -0.39 is 15.6 Å². The van der Waals surface area contributed by atoms with E-state index in [9.17, 15) is 13.2 Å². The summed E-state index contributed by atoms with van der Waals surface area (Å²) in [7, 11) is -4.13. The summed E-state index contributed by atoms with van der Waals surface area (Å²) in [6, 6.07) is 9.85. The minimum absolute atomic E-state index is 0.665. The van der Waals surface area contributed by atoms with Crippen molar-refractivity contribution in [2.75, 3.05) is 0 Å². The molecule has 1 aromatic heterocycles. The summed E-state index contributed by atoms with van der Waals surface area (Å²) >= 11 is 0. The topological polar surface area (TPSA) is 110 Å². The van der Waals surface area contributed by atoms with Crippen LogP contribution in [0.25, 0.3) is 21.6 Å². The molecule has 0 amide bonds. The van der Waals surface area contributed by atoms with Gasteiger partial charge in [-0.1, -0.05) is 22.8 Å². The molecule has 134 valence electrons. The van der Waals surface area contributed by atoms with Gasteiger partial charge in [-0.25, -0.2) is 13.0 Å². The van der Waals surface area contributed by atoms with Gasteiger partial charge in [0.2, 0.25) is 0 Å². The van der Waals surface area contributed by atoms with Gasteiger partial charge in [0.1, 0.15) is 7.05 Å². The van der Waals surface area contributed by atoms with Gasteiger partial charge in [0.05, 0.1) is 0 Å². The van der Waals surface area contributed by atoms with E-state index in [1.807, 2.05) is 61.3 Å². The number of aryl methyl sites for hydroxylation is 2. The Morgan fingerprint density at radius 3 is 2.36 bits per heavy atom. The molecule has 0 atom stereocenters. The highest BCUT2D eigenvalue weighted by molar-refractivity contribution is 7.86. The van der Waals surface area contributed by atoms with Gasteiger partial charge < -0.3 is 4.55 Å². The zero-order valence-electron chi connectivity index (χ0n) is 13.1. The molecule has 7 nitrogen and oxygen atoms in total. The van der Waals surface area contributed by atoms with E-state index in [2.05, 4.69) is 10.0 Å². The van der Waals surface area contributed by atoms with Gasteiger partial charge in [0.25, 0.3) is 0 Å². The summed E-state index contributed by atoms with van der Waals surface area (Å²) in [6.07, 6.45) is 3.96. The zero-order valence-corrected chi connectivity index (χ0v) is 13.9. The van der Waals surface area contributed by atoms with Crippen molar-refractivity contribution in [3.8, 4) is 11.1 Å². The van der Waals surface area contributed by atoms with Crippen LogP contribution in [0.3, 0.4) is 0 Å². The van der Waals surface area contributed by atoms with Crippen molar-refractivity contribution in [1.82, 2.24) is 0 Å². The monoisotopic (exact) mass is 374 g/mol. The van der Waals surface area contributed by atoms with Crippen LogP contribution >= 0.6 is 0 Å². The zero-order chi connectivity index (χ0) is 19.3. The Labute approximate surface area is 141 Å². The van der Waals surface area contributed by atoms with Crippen molar-refractivity contribution in [3.63, 3.8) is 0 Å². The average molecular weight is 374 g/mol. The molecule has 0 spiro atoms. The fourth-order valence-corrected chi connectivity index (χ4v) is 1.76. The summed E-state index contributed by atoms with van der Waals surface area (Å²) in [6.45, 7) is 1.98. The SMILES string of the molecule is Cc1ccc(-c2ccc[n+](C)c2)c(N=[N+]=[N-])c1.O=S(=O)([O-])C(F)(F)F. The molecule has 0 fully saturated rings. The maximum atomic E-state index is 10.7. The van der Waals surface area contributed by atoms with Crippen molar-refractivity contribution in [3.05, 3.63) is 58.7 Å². The van der Waals surface area contributed by atoms with Crippen molar-refractivity contribution in [2.45, 2.75) is 12.4 Å². The van der Waals surface area contributed by atoms with Gasteiger partial charge in [-0.05, 0) is 30.2 Å². The van der Waals surface area contributed by atoms with E-state index in [4.69, 9.17) is 18.5 Å². The van der Waals surface area contributed by atoms with Crippen LogP contribution in [0.5, 0.6) is 0 Å². The molecular weight excluding hydrogens is 361 g/mol. The largest absolute Gasteiger partial charge is 0.741 e. The summed E-state index contributed by atoms with van der Waals surface area (Å²) in [5.74, 6) is 0. The van der Waals surface area contributed by atoms with E-state index in [0.29, 0.717) is 5.69 Å². The molecule has 0 unspecified atom stereocenters. The Bertz CT molecular complexity index is 908. The lowest BCUT2D eigenvalue weighted by Gasteiger charge is -2.08. The fraction of sp³-hybridized carbons (Fsp3) is 0.214. The number of azide groups is 1. The molecule has 2 aromatic rings. The molecule has 0 N–H and O–H groups in total. The maximum Gasteiger partial charge on any atom is 0.485 e. The maximum absolute atomic E-state index is 10.7. The lowest BCUT2D eigenvalue weighted by atomic mass is 10.0. The van der Waals surface area contributed by atoms with Crippen molar-refractivity contribution in [1.29, 1.82) is 0 Å². The lowest BCUT2D eigenvalue weighted by Crippen LogP contribution is -2.26. The molecule has 0 aliphatic carbocycles. The summed E-state index contributed by atoms with van der Waals surface area (Å²) in [5.41, 5.74) is 6.68. The summed E-state index contributed by atoms with van der Waals surface area (Å²) < 4.78 is 60.9. The summed E-state index contributed by atoms with van der Waals surface area (Å²) in [4.78, 5) is 2.87. The molecule has 0 radical (unpaired) electrons. The molecule has 0 aliphatic rings. The summed E-state index contributed by atoms with van der Waals surface area (Å²) in [5, 5.41) is 3.74. The second-order valence-corrected chi connectivity index (χ2v) is 6.24. The molecule has 11 heteroatoms. The van der Waals surface area contributed by atoms with Crippen LogP contribution in [0.2, 0.25) is 0 Å². The molecule has 0 saturated heterocycles. The molecule has 0 aliphatic heterocycles. The first kappa shape index (κ1) is 20.4. The van der Waals surface area contributed by atoms with Crippen molar-refractivity contribution >= 4 is 15.8 Å². The average Bonchev–Trinajstić information content (AvgIpc) is 2.46. The third-order valence-electron chi connectivity index (χ3n) is 2.84. The Balaban J connectivity index is 0.000000333. The first-order valence-corrected chi connectivity index (χ1v) is 8.00. The van der Waals surface area contributed by atoms with E-state index in [0.717, 1.165) is 16.7 Å². The van der Waals surface area contributed by atoms with Crippen LogP contribution in [0, 0.1) is 6.92 Å².